The number of nitrogens with zero attached hydrogens (tertiary/aromatic N) is 1. The van der Waals surface area contributed by atoms with E-state index in [1.165, 1.54) is 0 Å². The van der Waals surface area contributed by atoms with Crippen molar-refractivity contribution in [3.8, 4) is 17.6 Å². The highest BCUT2D eigenvalue weighted by Crippen LogP contribution is 2.27. The van der Waals surface area contributed by atoms with Gasteiger partial charge >= 0.3 is 0 Å². The maximum absolute atomic E-state index is 12.8. The molecule has 2 N–H and O–H groups in total. The second-order valence-electron chi connectivity index (χ2n) is 2.27. The lowest BCUT2D eigenvalue weighted by atomic mass is 10.1. The van der Waals surface area contributed by atoms with Crippen LogP contribution in [0, 0.1) is 17.1 Å². The molecule has 0 saturated carbocycles. The second-order valence-corrected chi connectivity index (χ2v) is 2.27. The van der Waals surface area contributed by atoms with Crippen molar-refractivity contribution in [1.29, 1.82) is 5.26 Å². The van der Waals surface area contributed by atoms with Crippen LogP contribution in [-0.4, -0.2) is 10.2 Å². The summed E-state index contributed by atoms with van der Waals surface area (Å²) in [5, 5.41) is 26.0. The SMILES string of the molecule is N#CCc1cc(O)c(O)cc1F. The molecule has 0 aromatic heterocycles. The maximum atomic E-state index is 12.8. The molecule has 1 aromatic carbocycles. The molecular formula is C8H6FNO2. The van der Waals surface area contributed by atoms with Gasteiger partial charge in [-0.15, -0.1) is 0 Å². The molecule has 0 saturated heterocycles. The topological polar surface area (TPSA) is 64.2 Å². The minimum Gasteiger partial charge on any atom is -0.504 e. The van der Waals surface area contributed by atoms with Crippen molar-refractivity contribution in [2.45, 2.75) is 6.42 Å². The highest BCUT2D eigenvalue weighted by molar-refractivity contribution is 5.42. The Labute approximate surface area is 68.3 Å². The molecule has 0 amide bonds. The highest BCUT2D eigenvalue weighted by Gasteiger charge is 2.07. The van der Waals surface area contributed by atoms with Gasteiger partial charge in [-0.3, -0.25) is 0 Å². The Morgan fingerprint density at radius 1 is 1.33 bits per heavy atom. The quantitative estimate of drug-likeness (QED) is 0.619. The molecule has 4 heteroatoms. The first-order chi connectivity index (χ1) is 5.65. The van der Waals surface area contributed by atoms with Gasteiger partial charge in [-0.1, -0.05) is 0 Å². The lowest BCUT2D eigenvalue weighted by molar-refractivity contribution is 0.399. The van der Waals surface area contributed by atoms with Crippen molar-refractivity contribution in [3.05, 3.63) is 23.5 Å². The Hall–Kier alpha value is -1.76. The molecule has 0 unspecified atom stereocenters. The Balaban J connectivity index is 3.16. The van der Waals surface area contributed by atoms with Crippen molar-refractivity contribution in [1.82, 2.24) is 0 Å². The summed E-state index contributed by atoms with van der Waals surface area (Å²) in [6, 6.07) is 3.55. The van der Waals surface area contributed by atoms with E-state index in [0.29, 0.717) is 0 Å². The average Bonchev–Trinajstić information content (AvgIpc) is 2.01. The molecule has 1 rings (SSSR count). The second kappa shape index (κ2) is 3.09. The summed E-state index contributed by atoms with van der Waals surface area (Å²) in [6.45, 7) is 0. The predicted molar refractivity (Wildman–Crippen MR) is 39.0 cm³/mol. The van der Waals surface area contributed by atoms with Crippen LogP contribution in [0.5, 0.6) is 11.5 Å². The highest BCUT2D eigenvalue weighted by atomic mass is 19.1. The molecule has 12 heavy (non-hydrogen) atoms. The monoisotopic (exact) mass is 167 g/mol. The van der Waals surface area contributed by atoms with E-state index in [1.54, 1.807) is 6.07 Å². The van der Waals surface area contributed by atoms with Crippen LogP contribution in [-0.2, 0) is 6.42 Å². The Kier molecular flexibility index (Phi) is 2.15. The van der Waals surface area contributed by atoms with E-state index in [2.05, 4.69) is 0 Å². The van der Waals surface area contributed by atoms with Crippen LogP contribution < -0.4 is 0 Å². The van der Waals surface area contributed by atoms with Crippen LogP contribution >= 0.6 is 0 Å². The van der Waals surface area contributed by atoms with Crippen LogP contribution in [0.4, 0.5) is 4.39 Å². The first-order valence-electron chi connectivity index (χ1n) is 3.22. The maximum Gasteiger partial charge on any atom is 0.160 e. The number of aromatic hydroxyl groups is 2. The summed E-state index contributed by atoms with van der Waals surface area (Å²) >= 11 is 0. The largest absolute Gasteiger partial charge is 0.504 e. The number of hydrogen-bond donors (Lipinski definition) is 2. The first-order valence-corrected chi connectivity index (χ1v) is 3.22. The molecule has 0 aliphatic carbocycles. The van der Waals surface area contributed by atoms with E-state index in [9.17, 15) is 4.39 Å². The number of benzene rings is 1. The molecule has 0 spiro atoms. The summed E-state index contributed by atoms with van der Waals surface area (Å²) in [4.78, 5) is 0. The van der Waals surface area contributed by atoms with Gasteiger partial charge < -0.3 is 10.2 Å². The fraction of sp³-hybridized carbons (Fsp3) is 0.125. The smallest absolute Gasteiger partial charge is 0.160 e. The third kappa shape index (κ3) is 1.45. The molecule has 0 radical (unpaired) electrons. The Bertz CT molecular complexity index is 344. The third-order valence-corrected chi connectivity index (χ3v) is 1.41. The van der Waals surface area contributed by atoms with E-state index in [4.69, 9.17) is 15.5 Å². The third-order valence-electron chi connectivity index (χ3n) is 1.41. The summed E-state index contributed by atoms with van der Waals surface area (Å²) in [7, 11) is 0. The van der Waals surface area contributed by atoms with E-state index in [1.807, 2.05) is 0 Å². The Morgan fingerprint density at radius 3 is 2.50 bits per heavy atom. The van der Waals surface area contributed by atoms with E-state index in [-0.39, 0.29) is 12.0 Å². The van der Waals surface area contributed by atoms with Gasteiger partial charge in [0.1, 0.15) is 5.82 Å². The minimum atomic E-state index is -0.688. The zero-order chi connectivity index (χ0) is 9.14. The molecule has 0 atom stereocenters. The fourth-order valence-electron chi connectivity index (χ4n) is 0.815. The fourth-order valence-corrected chi connectivity index (χ4v) is 0.815. The van der Waals surface area contributed by atoms with Crippen molar-refractivity contribution in [3.63, 3.8) is 0 Å². The molecule has 3 nitrogen and oxygen atoms in total. The van der Waals surface area contributed by atoms with Crippen LogP contribution in [0.2, 0.25) is 0 Å². The van der Waals surface area contributed by atoms with Gasteiger partial charge in [-0.2, -0.15) is 5.26 Å². The normalized spacial score (nSPS) is 9.33. The summed E-state index contributed by atoms with van der Waals surface area (Å²) in [5.41, 5.74) is 0.0767. The van der Waals surface area contributed by atoms with E-state index in [0.717, 1.165) is 12.1 Å². The van der Waals surface area contributed by atoms with Gasteiger partial charge in [0.15, 0.2) is 11.5 Å². The van der Waals surface area contributed by atoms with Crippen LogP contribution in [0.15, 0.2) is 12.1 Å². The van der Waals surface area contributed by atoms with Crippen molar-refractivity contribution in [2.75, 3.05) is 0 Å². The minimum absolute atomic E-state index is 0.0767. The van der Waals surface area contributed by atoms with E-state index >= 15 is 0 Å². The number of hydrogen-bond acceptors (Lipinski definition) is 3. The van der Waals surface area contributed by atoms with Crippen molar-refractivity contribution < 1.29 is 14.6 Å². The number of halogens is 1. The molecule has 62 valence electrons. The van der Waals surface area contributed by atoms with Gasteiger partial charge in [0.2, 0.25) is 0 Å². The molecule has 0 bridgehead atoms. The number of nitriles is 1. The zero-order valence-electron chi connectivity index (χ0n) is 6.08. The van der Waals surface area contributed by atoms with Gasteiger partial charge in [-0.05, 0) is 6.07 Å². The van der Waals surface area contributed by atoms with Crippen LogP contribution in [0.3, 0.4) is 0 Å². The summed E-state index contributed by atoms with van der Waals surface area (Å²) in [6.07, 6.45) is -0.125. The lowest BCUT2D eigenvalue weighted by Crippen LogP contribution is -1.87. The number of rotatable bonds is 1. The lowest BCUT2D eigenvalue weighted by Gasteiger charge is -2.00. The van der Waals surface area contributed by atoms with Crippen LogP contribution in [0.1, 0.15) is 5.56 Å². The van der Waals surface area contributed by atoms with Crippen LogP contribution in [0.25, 0.3) is 0 Å². The van der Waals surface area contributed by atoms with Gasteiger partial charge in [0, 0.05) is 11.6 Å². The summed E-state index contributed by atoms with van der Waals surface area (Å²) < 4.78 is 12.8. The zero-order valence-corrected chi connectivity index (χ0v) is 6.08. The molecule has 1 aromatic rings. The number of phenols is 2. The van der Waals surface area contributed by atoms with Crippen molar-refractivity contribution >= 4 is 0 Å². The van der Waals surface area contributed by atoms with Crippen molar-refractivity contribution in [2.24, 2.45) is 0 Å². The average molecular weight is 167 g/mol. The van der Waals surface area contributed by atoms with Gasteiger partial charge in [0.25, 0.3) is 0 Å². The van der Waals surface area contributed by atoms with Gasteiger partial charge in [0.05, 0.1) is 12.5 Å². The standard InChI is InChI=1S/C8H6FNO2/c9-6-4-8(12)7(11)3-5(6)1-2-10/h3-4,11-12H,1H2. The predicted octanol–water partition coefficient (Wildman–Crippen LogP) is 1.30. The Morgan fingerprint density at radius 2 is 1.92 bits per heavy atom. The molecule has 0 fully saturated rings. The summed E-state index contributed by atoms with van der Waals surface area (Å²) in [5.74, 6) is -1.62. The molecule has 0 aliphatic rings. The molecule has 0 aliphatic heterocycles. The van der Waals surface area contributed by atoms with E-state index < -0.39 is 17.3 Å². The molecule has 0 heterocycles. The molecular weight excluding hydrogens is 161 g/mol. The number of phenolic OH excluding ortho intramolecular Hbond substituents is 2. The van der Waals surface area contributed by atoms with Gasteiger partial charge in [-0.25, -0.2) is 4.39 Å². The first kappa shape index (κ1) is 8.34.